The Balaban J connectivity index is 3.08. The van der Waals surface area contributed by atoms with Gasteiger partial charge in [-0.15, -0.1) is 0 Å². The van der Waals surface area contributed by atoms with Crippen LogP contribution in [0.4, 0.5) is 0 Å². The third-order valence-corrected chi connectivity index (χ3v) is 3.42. The van der Waals surface area contributed by atoms with E-state index in [9.17, 15) is 13.2 Å². The van der Waals surface area contributed by atoms with Gasteiger partial charge in [-0.3, -0.25) is 9.89 Å². The molecule has 1 rings (SSSR count). The van der Waals surface area contributed by atoms with Gasteiger partial charge in [-0.05, 0) is 6.92 Å². The van der Waals surface area contributed by atoms with Gasteiger partial charge in [0.2, 0.25) is 10.0 Å². The number of aromatic amines is 1. The number of amides is 1. The highest BCUT2D eigenvalue weighted by atomic mass is 32.2. The van der Waals surface area contributed by atoms with Crippen LogP contribution >= 0.6 is 0 Å². The molecular formula is C9H16N4O4S. The number of aryl methyl sites for hydroxylation is 1. The van der Waals surface area contributed by atoms with Crippen molar-refractivity contribution in [1.82, 2.24) is 15.1 Å². The van der Waals surface area contributed by atoms with Gasteiger partial charge in [-0.25, -0.2) is 13.6 Å². The molecule has 0 saturated carbocycles. The zero-order chi connectivity index (χ0) is 13.9. The van der Waals surface area contributed by atoms with Crippen molar-refractivity contribution in [2.75, 3.05) is 27.3 Å². The van der Waals surface area contributed by atoms with Crippen LogP contribution in [0, 0.1) is 6.92 Å². The van der Waals surface area contributed by atoms with Crippen LogP contribution in [-0.4, -0.2) is 56.7 Å². The number of primary sulfonamides is 1. The third-order valence-electron chi connectivity index (χ3n) is 2.36. The van der Waals surface area contributed by atoms with Crippen molar-refractivity contribution in [1.29, 1.82) is 0 Å². The Kier molecular flexibility index (Phi) is 4.43. The number of sulfonamides is 1. The Morgan fingerprint density at radius 2 is 2.17 bits per heavy atom. The number of aromatic nitrogens is 2. The minimum absolute atomic E-state index is 0.200. The lowest BCUT2D eigenvalue weighted by Gasteiger charge is -2.15. The van der Waals surface area contributed by atoms with Gasteiger partial charge in [0, 0.05) is 20.7 Å². The average Bonchev–Trinajstić information content (AvgIpc) is 2.66. The van der Waals surface area contributed by atoms with Crippen LogP contribution in [0.2, 0.25) is 0 Å². The molecule has 0 radical (unpaired) electrons. The Bertz CT molecular complexity index is 537. The molecule has 1 amide bonds. The second-order valence-electron chi connectivity index (χ2n) is 3.79. The molecule has 0 saturated heterocycles. The van der Waals surface area contributed by atoms with Crippen LogP contribution < -0.4 is 5.14 Å². The number of nitrogens with one attached hydrogen (secondary N) is 1. The molecule has 1 aromatic rings. The summed E-state index contributed by atoms with van der Waals surface area (Å²) >= 11 is 0. The summed E-state index contributed by atoms with van der Waals surface area (Å²) in [6.45, 7) is 2.15. The maximum absolute atomic E-state index is 12.0. The third kappa shape index (κ3) is 3.06. The molecule has 0 aromatic carbocycles. The predicted octanol–water partition coefficient (Wildman–Crippen LogP) is -0.916. The van der Waals surface area contributed by atoms with Crippen LogP contribution in [0.1, 0.15) is 16.2 Å². The number of carbonyl (C=O) groups is 1. The fraction of sp³-hybridized carbons (Fsp3) is 0.556. The lowest BCUT2D eigenvalue weighted by atomic mass is 10.3. The Labute approximate surface area is 105 Å². The van der Waals surface area contributed by atoms with Crippen LogP contribution in [0.5, 0.6) is 0 Å². The van der Waals surface area contributed by atoms with Crippen molar-refractivity contribution < 1.29 is 17.9 Å². The highest BCUT2D eigenvalue weighted by Gasteiger charge is 2.27. The smallest absolute Gasteiger partial charge is 0.275 e. The molecule has 18 heavy (non-hydrogen) atoms. The molecule has 8 nitrogen and oxygen atoms in total. The monoisotopic (exact) mass is 276 g/mol. The molecule has 0 aliphatic carbocycles. The normalized spacial score (nSPS) is 11.6. The molecule has 0 atom stereocenters. The second-order valence-corrected chi connectivity index (χ2v) is 5.29. The summed E-state index contributed by atoms with van der Waals surface area (Å²) in [6.07, 6.45) is 0. The molecule has 0 fully saturated rings. The number of carbonyl (C=O) groups excluding carboxylic acids is 1. The number of likely N-dealkylation sites (N-methyl/N-ethyl adjacent to an activating group) is 1. The minimum atomic E-state index is -3.99. The van der Waals surface area contributed by atoms with E-state index in [-0.39, 0.29) is 16.3 Å². The first-order valence-electron chi connectivity index (χ1n) is 5.11. The first-order chi connectivity index (χ1) is 8.29. The number of H-pyrrole nitrogens is 1. The van der Waals surface area contributed by atoms with Crippen LogP contribution in [0.15, 0.2) is 4.90 Å². The lowest BCUT2D eigenvalue weighted by Crippen LogP contribution is -2.31. The molecule has 0 aliphatic heterocycles. The Morgan fingerprint density at radius 3 is 2.67 bits per heavy atom. The summed E-state index contributed by atoms with van der Waals surface area (Å²) in [5.41, 5.74) is 0.0367. The van der Waals surface area contributed by atoms with Gasteiger partial charge in [0.25, 0.3) is 5.91 Å². The molecule has 1 aromatic heterocycles. The van der Waals surface area contributed by atoms with Gasteiger partial charge >= 0.3 is 0 Å². The summed E-state index contributed by atoms with van der Waals surface area (Å²) in [5, 5.41) is 11.2. The van der Waals surface area contributed by atoms with E-state index in [0.29, 0.717) is 13.2 Å². The van der Waals surface area contributed by atoms with Gasteiger partial charge in [0.1, 0.15) is 4.90 Å². The Morgan fingerprint density at radius 1 is 1.56 bits per heavy atom. The fourth-order valence-electron chi connectivity index (χ4n) is 1.42. The number of ether oxygens (including phenoxy) is 1. The largest absolute Gasteiger partial charge is 0.383 e. The predicted molar refractivity (Wildman–Crippen MR) is 63.5 cm³/mol. The van der Waals surface area contributed by atoms with E-state index >= 15 is 0 Å². The molecule has 3 N–H and O–H groups in total. The van der Waals surface area contributed by atoms with Crippen molar-refractivity contribution in [2.45, 2.75) is 11.8 Å². The van der Waals surface area contributed by atoms with Gasteiger partial charge in [-0.2, -0.15) is 5.10 Å². The fourth-order valence-corrected chi connectivity index (χ4v) is 2.30. The molecule has 0 bridgehead atoms. The van der Waals surface area contributed by atoms with Gasteiger partial charge in [-0.1, -0.05) is 0 Å². The molecule has 0 unspecified atom stereocenters. The number of rotatable bonds is 5. The molecule has 0 aliphatic rings. The highest BCUT2D eigenvalue weighted by molar-refractivity contribution is 7.89. The summed E-state index contributed by atoms with van der Waals surface area (Å²) in [4.78, 5) is 13.0. The summed E-state index contributed by atoms with van der Waals surface area (Å²) in [5.74, 6) is -0.527. The zero-order valence-corrected chi connectivity index (χ0v) is 11.2. The van der Waals surface area contributed by atoms with E-state index in [4.69, 9.17) is 9.88 Å². The van der Waals surface area contributed by atoms with Crippen LogP contribution in [-0.2, 0) is 14.8 Å². The number of hydrogen-bond donors (Lipinski definition) is 2. The lowest BCUT2D eigenvalue weighted by molar-refractivity contribution is 0.0735. The summed E-state index contributed by atoms with van der Waals surface area (Å²) in [6, 6.07) is 0. The average molecular weight is 276 g/mol. The molecule has 0 spiro atoms. The number of hydrogen-bond acceptors (Lipinski definition) is 5. The van der Waals surface area contributed by atoms with Crippen molar-refractivity contribution in [3.8, 4) is 0 Å². The van der Waals surface area contributed by atoms with Gasteiger partial charge in [0.05, 0.1) is 12.3 Å². The second kappa shape index (κ2) is 5.46. The van der Waals surface area contributed by atoms with E-state index < -0.39 is 15.9 Å². The van der Waals surface area contributed by atoms with E-state index in [1.165, 1.54) is 26.0 Å². The topological polar surface area (TPSA) is 118 Å². The SMILES string of the molecule is COCCN(C)C(=O)c1n[nH]c(C)c1S(N)(=O)=O. The minimum Gasteiger partial charge on any atom is -0.383 e. The highest BCUT2D eigenvalue weighted by Crippen LogP contribution is 2.17. The molecule has 102 valence electrons. The first kappa shape index (κ1) is 14.6. The van der Waals surface area contributed by atoms with Crippen molar-refractivity contribution in [3.63, 3.8) is 0 Å². The molecule has 1 heterocycles. The summed E-state index contributed by atoms with van der Waals surface area (Å²) < 4.78 is 27.6. The molecular weight excluding hydrogens is 260 g/mol. The number of nitrogens with two attached hydrogens (primary N) is 1. The van der Waals surface area contributed by atoms with Crippen LogP contribution in [0.25, 0.3) is 0 Å². The van der Waals surface area contributed by atoms with E-state index in [1.54, 1.807) is 0 Å². The Hall–Kier alpha value is -1.45. The van der Waals surface area contributed by atoms with Crippen molar-refractivity contribution in [2.24, 2.45) is 5.14 Å². The first-order valence-corrected chi connectivity index (χ1v) is 6.65. The number of nitrogens with zero attached hydrogens (tertiary/aromatic N) is 2. The number of methoxy groups -OCH3 is 1. The van der Waals surface area contributed by atoms with Crippen molar-refractivity contribution in [3.05, 3.63) is 11.4 Å². The van der Waals surface area contributed by atoms with Crippen LogP contribution in [0.3, 0.4) is 0 Å². The van der Waals surface area contributed by atoms with E-state index in [2.05, 4.69) is 10.2 Å². The van der Waals surface area contributed by atoms with Gasteiger partial charge < -0.3 is 9.64 Å². The standard InChI is InChI=1S/C9H16N4O4S/c1-6-8(18(10,15)16)7(12-11-6)9(14)13(2)4-5-17-3/h4-5H2,1-3H3,(H,11,12)(H2,10,15,16). The maximum atomic E-state index is 12.0. The summed E-state index contributed by atoms with van der Waals surface area (Å²) in [7, 11) is -0.960. The zero-order valence-electron chi connectivity index (χ0n) is 10.4. The maximum Gasteiger partial charge on any atom is 0.275 e. The van der Waals surface area contributed by atoms with E-state index in [0.717, 1.165) is 0 Å². The molecule has 9 heteroatoms. The van der Waals surface area contributed by atoms with Gasteiger partial charge in [0.15, 0.2) is 5.69 Å². The quantitative estimate of drug-likeness (QED) is 0.721. The van der Waals surface area contributed by atoms with E-state index in [1.807, 2.05) is 0 Å². The van der Waals surface area contributed by atoms with Crippen molar-refractivity contribution >= 4 is 15.9 Å².